The maximum Gasteiger partial charge on any atom is 0.307 e. The number of hydrogen-bond acceptors (Lipinski definition) is 9. The van der Waals surface area contributed by atoms with E-state index in [1.165, 1.54) is 60.9 Å². The SMILES string of the molecule is COC(=O)CCn1c(=NC(=O)c2ccc(S(=O)(=O)N(C)CC3CCCO3)cc2)sc2cc(S(N)(=O)=O)ccc21. The summed E-state index contributed by atoms with van der Waals surface area (Å²) in [7, 11) is -4.99. The van der Waals surface area contributed by atoms with E-state index in [0.29, 0.717) is 16.8 Å². The number of methoxy groups -OCH3 is 1. The number of thiazole rings is 1. The van der Waals surface area contributed by atoms with E-state index in [2.05, 4.69) is 4.99 Å². The molecular weight excluding hydrogens is 568 g/mol. The number of primary sulfonamides is 1. The molecule has 1 saturated heterocycles. The molecule has 3 aromatic rings. The van der Waals surface area contributed by atoms with Gasteiger partial charge in [-0.05, 0) is 55.3 Å². The van der Waals surface area contributed by atoms with Crippen LogP contribution in [-0.2, 0) is 40.9 Å². The van der Waals surface area contributed by atoms with Crippen molar-refractivity contribution in [3.8, 4) is 0 Å². The Balaban J connectivity index is 1.64. The van der Waals surface area contributed by atoms with Gasteiger partial charge in [0.15, 0.2) is 4.80 Å². The highest BCUT2D eigenvalue weighted by Gasteiger charge is 2.26. The number of likely N-dealkylation sites (N-methyl/N-ethyl adjacent to an activating group) is 1. The molecule has 0 radical (unpaired) electrons. The maximum atomic E-state index is 13.0. The van der Waals surface area contributed by atoms with Crippen molar-refractivity contribution in [1.29, 1.82) is 0 Å². The molecule has 2 aromatic carbocycles. The molecule has 1 unspecified atom stereocenters. The zero-order chi connectivity index (χ0) is 28.4. The quantitative estimate of drug-likeness (QED) is 0.362. The number of carbonyl (C=O) groups excluding carboxylic acids is 2. The van der Waals surface area contributed by atoms with Gasteiger partial charge in [-0.25, -0.2) is 22.0 Å². The highest BCUT2D eigenvalue weighted by atomic mass is 32.2. The smallest absolute Gasteiger partial charge is 0.307 e. The van der Waals surface area contributed by atoms with Crippen molar-refractivity contribution >= 4 is 53.5 Å². The molecule has 1 fully saturated rings. The molecule has 0 aliphatic carbocycles. The van der Waals surface area contributed by atoms with E-state index < -0.39 is 31.9 Å². The summed E-state index contributed by atoms with van der Waals surface area (Å²) in [4.78, 5) is 29.1. The summed E-state index contributed by atoms with van der Waals surface area (Å²) < 4.78 is 63.1. The Morgan fingerprint density at radius 1 is 1.15 bits per heavy atom. The first-order valence-electron chi connectivity index (χ1n) is 11.9. The predicted octanol–water partition coefficient (Wildman–Crippen LogP) is 1.45. The maximum absolute atomic E-state index is 13.0. The Morgan fingerprint density at radius 2 is 1.85 bits per heavy atom. The molecule has 210 valence electrons. The fraction of sp³-hybridized carbons (Fsp3) is 0.375. The molecule has 1 atom stereocenters. The zero-order valence-electron chi connectivity index (χ0n) is 21.3. The third-order valence-corrected chi connectivity index (χ3v) is 10.0. The average Bonchev–Trinajstić information content (AvgIpc) is 3.53. The summed E-state index contributed by atoms with van der Waals surface area (Å²) in [6.07, 6.45) is 1.55. The lowest BCUT2D eigenvalue weighted by Gasteiger charge is -2.20. The third kappa shape index (κ3) is 6.62. The Kier molecular flexibility index (Phi) is 8.68. The van der Waals surface area contributed by atoms with Crippen molar-refractivity contribution in [2.75, 3.05) is 27.3 Å². The highest BCUT2D eigenvalue weighted by Crippen LogP contribution is 2.23. The fourth-order valence-corrected chi connectivity index (χ4v) is 7.02. The Bertz CT molecular complexity index is 1670. The third-order valence-electron chi connectivity index (χ3n) is 6.24. The minimum atomic E-state index is -3.96. The van der Waals surface area contributed by atoms with Crippen LogP contribution >= 0.6 is 11.3 Å². The van der Waals surface area contributed by atoms with Gasteiger partial charge in [0.25, 0.3) is 5.91 Å². The molecule has 1 aliphatic heterocycles. The average molecular weight is 597 g/mol. The largest absolute Gasteiger partial charge is 0.469 e. The summed E-state index contributed by atoms with van der Waals surface area (Å²) in [5.41, 5.74) is 0.705. The Morgan fingerprint density at radius 3 is 2.46 bits per heavy atom. The van der Waals surface area contributed by atoms with Crippen LogP contribution in [0.2, 0.25) is 0 Å². The standard InChI is InChI=1S/C24H28N4O8S3/c1-27(15-17-4-3-13-36-17)39(33,34)18-7-5-16(6-8-18)23(30)26-24-28(12-11-22(29)35-2)20-10-9-19(38(25,31)32)14-21(20)37-24/h5-10,14,17H,3-4,11-13,15H2,1-2H3,(H2,25,31,32). The number of sulfonamides is 2. The predicted molar refractivity (Wildman–Crippen MR) is 143 cm³/mol. The van der Waals surface area contributed by atoms with Crippen LogP contribution in [0.15, 0.2) is 57.2 Å². The lowest BCUT2D eigenvalue weighted by atomic mass is 10.2. The molecule has 0 bridgehead atoms. The van der Waals surface area contributed by atoms with Crippen molar-refractivity contribution in [2.45, 2.75) is 41.7 Å². The molecule has 1 aliphatic rings. The molecule has 15 heteroatoms. The van der Waals surface area contributed by atoms with Gasteiger partial charge in [0.05, 0.1) is 39.6 Å². The minimum Gasteiger partial charge on any atom is -0.469 e. The van der Waals surface area contributed by atoms with Gasteiger partial charge in [-0.2, -0.15) is 9.30 Å². The van der Waals surface area contributed by atoms with Crippen molar-refractivity contribution in [3.63, 3.8) is 0 Å². The molecule has 12 nitrogen and oxygen atoms in total. The number of benzene rings is 2. The van der Waals surface area contributed by atoms with Crippen LogP contribution in [0.4, 0.5) is 0 Å². The summed E-state index contributed by atoms with van der Waals surface area (Å²) in [6.45, 7) is 0.986. The van der Waals surface area contributed by atoms with Crippen molar-refractivity contribution in [3.05, 3.63) is 52.8 Å². The van der Waals surface area contributed by atoms with E-state index in [9.17, 15) is 26.4 Å². The number of aromatic nitrogens is 1. The van der Waals surface area contributed by atoms with Gasteiger partial charge in [-0.15, -0.1) is 0 Å². The summed E-state index contributed by atoms with van der Waals surface area (Å²) >= 11 is 1.05. The number of esters is 1. The summed E-state index contributed by atoms with van der Waals surface area (Å²) in [5.74, 6) is -1.11. The van der Waals surface area contributed by atoms with Crippen LogP contribution in [-0.4, -0.2) is 71.0 Å². The van der Waals surface area contributed by atoms with Gasteiger partial charge in [0.2, 0.25) is 20.0 Å². The van der Waals surface area contributed by atoms with Crippen molar-refractivity contribution < 1.29 is 35.9 Å². The number of aryl methyl sites for hydroxylation is 1. The molecular formula is C24H28N4O8S3. The second kappa shape index (κ2) is 11.7. The Hall–Kier alpha value is -2.95. The van der Waals surface area contributed by atoms with Gasteiger partial charge in [0, 0.05) is 32.3 Å². The molecule has 1 amide bonds. The first-order chi connectivity index (χ1) is 18.4. The molecule has 39 heavy (non-hydrogen) atoms. The minimum absolute atomic E-state index is 0.00732. The van der Waals surface area contributed by atoms with Crippen LogP contribution in [0.1, 0.15) is 29.6 Å². The van der Waals surface area contributed by atoms with Crippen LogP contribution < -0.4 is 9.94 Å². The van der Waals surface area contributed by atoms with Gasteiger partial charge in [-0.3, -0.25) is 9.59 Å². The second-order valence-corrected chi connectivity index (χ2v) is 13.5. The monoisotopic (exact) mass is 596 g/mol. The van der Waals surface area contributed by atoms with Gasteiger partial charge in [0.1, 0.15) is 0 Å². The van der Waals surface area contributed by atoms with E-state index in [0.717, 1.165) is 24.2 Å². The number of rotatable bonds is 9. The summed E-state index contributed by atoms with van der Waals surface area (Å²) in [5, 5.41) is 5.25. The fourth-order valence-electron chi connectivity index (χ4n) is 4.11. The topological polar surface area (TPSA) is 167 Å². The second-order valence-electron chi connectivity index (χ2n) is 8.90. The molecule has 0 saturated carbocycles. The lowest BCUT2D eigenvalue weighted by Crippen LogP contribution is -2.34. The molecule has 0 spiro atoms. The van der Waals surface area contributed by atoms with Crippen LogP contribution in [0.3, 0.4) is 0 Å². The van der Waals surface area contributed by atoms with Gasteiger partial charge in [-0.1, -0.05) is 11.3 Å². The highest BCUT2D eigenvalue weighted by molar-refractivity contribution is 7.89. The van der Waals surface area contributed by atoms with Crippen LogP contribution in [0, 0.1) is 0 Å². The summed E-state index contributed by atoms with van der Waals surface area (Å²) in [6, 6.07) is 9.68. The number of ether oxygens (including phenoxy) is 2. The number of amides is 1. The van der Waals surface area contributed by atoms with Crippen molar-refractivity contribution in [1.82, 2.24) is 8.87 Å². The van der Waals surface area contributed by atoms with Gasteiger partial charge < -0.3 is 14.0 Å². The van der Waals surface area contributed by atoms with Gasteiger partial charge >= 0.3 is 5.97 Å². The zero-order valence-corrected chi connectivity index (χ0v) is 23.7. The normalized spacial score (nSPS) is 16.7. The van der Waals surface area contributed by atoms with Crippen LogP contribution in [0.25, 0.3) is 10.2 Å². The van der Waals surface area contributed by atoms with E-state index in [1.54, 1.807) is 4.57 Å². The van der Waals surface area contributed by atoms with E-state index in [-0.39, 0.29) is 45.8 Å². The lowest BCUT2D eigenvalue weighted by molar-refractivity contribution is -0.140. The molecule has 2 N–H and O–H groups in total. The number of nitrogens with zero attached hydrogens (tertiary/aromatic N) is 3. The van der Waals surface area contributed by atoms with E-state index >= 15 is 0 Å². The first-order valence-corrected chi connectivity index (χ1v) is 15.7. The number of nitrogens with two attached hydrogens (primary N) is 1. The number of fused-ring (bicyclic) bond motifs is 1. The number of carbonyl (C=O) groups is 2. The molecule has 1 aromatic heterocycles. The number of hydrogen-bond donors (Lipinski definition) is 1. The van der Waals surface area contributed by atoms with E-state index in [4.69, 9.17) is 14.6 Å². The van der Waals surface area contributed by atoms with Crippen LogP contribution in [0.5, 0.6) is 0 Å². The first kappa shape index (κ1) is 29.0. The Labute approximate surface area is 229 Å². The molecule has 2 heterocycles. The van der Waals surface area contributed by atoms with E-state index in [1.807, 2.05) is 0 Å². The van der Waals surface area contributed by atoms with Crippen molar-refractivity contribution in [2.24, 2.45) is 10.1 Å². The molecule has 4 rings (SSSR count).